The van der Waals surface area contributed by atoms with E-state index in [1.54, 1.807) is 0 Å². The van der Waals surface area contributed by atoms with E-state index < -0.39 is 0 Å². The minimum Gasteiger partial charge on any atom is -0.387 e. The van der Waals surface area contributed by atoms with Crippen molar-refractivity contribution in [2.45, 2.75) is 13.3 Å². The second-order valence-electron chi connectivity index (χ2n) is 2.55. The first-order valence-corrected chi connectivity index (χ1v) is 3.48. The van der Waals surface area contributed by atoms with Gasteiger partial charge in [-0.05, 0) is 24.1 Å². The predicted octanol–water partition coefficient (Wildman–Crippen LogP) is 1.27. The van der Waals surface area contributed by atoms with Gasteiger partial charge in [-0.25, -0.2) is 0 Å². The molecule has 0 unspecified atom stereocenters. The van der Waals surface area contributed by atoms with E-state index in [0.29, 0.717) is 6.42 Å². The molecule has 3 N–H and O–H groups in total. The number of benzene rings is 1. The number of hydrogen-bond donors (Lipinski definition) is 2. The van der Waals surface area contributed by atoms with Crippen LogP contribution in [0.25, 0.3) is 0 Å². The Bertz CT molecular complexity index is 266. The first-order valence-electron chi connectivity index (χ1n) is 3.48. The number of rotatable bonds is 2. The second-order valence-corrected chi connectivity index (χ2v) is 2.55. The molecule has 0 fully saturated rings. The summed E-state index contributed by atoms with van der Waals surface area (Å²) >= 11 is 0. The lowest BCUT2D eigenvalue weighted by molar-refractivity contribution is 1.20. The van der Waals surface area contributed by atoms with E-state index in [9.17, 15) is 0 Å². The molecule has 11 heavy (non-hydrogen) atoms. The molecular formula is C9H11N2. The molecule has 0 saturated heterocycles. The number of aryl methyl sites for hydroxylation is 1. The molecule has 1 aromatic rings. The van der Waals surface area contributed by atoms with Crippen molar-refractivity contribution in [3.8, 4) is 0 Å². The monoisotopic (exact) mass is 147 g/mol. The smallest absolute Gasteiger partial charge is 0.0950 e. The summed E-state index contributed by atoms with van der Waals surface area (Å²) in [6, 6.07) is 8.64. The van der Waals surface area contributed by atoms with Crippen LogP contribution in [0.15, 0.2) is 18.2 Å². The fourth-order valence-corrected chi connectivity index (χ4v) is 0.949. The minimum atomic E-state index is 0.208. The zero-order valence-corrected chi connectivity index (χ0v) is 6.52. The van der Waals surface area contributed by atoms with Gasteiger partial charge in [-0.2, -0.15) is 0 Å². The van der Waals surface area contributed by atoms with Crippen LogP contribution in [-0.2, 0) is 6.42 Å². The van der Waals surface area contributed by atoms with E-state index >= 15 is 0 Å². The molecule has 1 aromatic carbocycles. The Morgan fingerprint density at radius 1 is 1.73 bits per heavy atom. The lowest BCUT2D eigenvalue weighted by Crippen LogP contribution is -2.13. The second kappa shape index (κ2) is 3.19. The molecule has 0 aliphatic heterocycles. The molecule has 0 aliphatic carbocycles. The average Bonchev–Trinajstić information content (AvgIpc) is 1.93. The maximum Gasteiger partial charge on any atom is 0.0950 e. The SMILES string of the molecule is Cc1c[c]ccc1CC(=N)N. The fraction of sp³-hybridized carbons (Fsp3) is 0.222. The first kappa shape index (κ1) is 7.79. The lowest BCUT2D eigenvalue weighted by atomic mass is 10.1. The van der Waals surface area contributed by atoms with Crippen LogP contribution < -0.4 is 5.73 Å². The van der Waals surface area contributed by atoms with Gasteiger partial charge in [0.05, 0.1) is 5.84 Å². The van der Waals surface area contributed by atoms with Gasteiger partial charge >= 0.3 is 0 Å². The first-order chi connectivity index (χ1) is 5.20. The predicted molar refractivity (Wildman–Crippen MR) is 45.6 cm³/mol. The van der Waals surface area contributed by atoms with Crippen molar-refractivity contribution in [1.82, 2.24) is 0 Å². The molecule has 2 heteroatoms. The van der Waals surface area contributed by atoms with E-state index in [1.165, 1.54) is 0 Å². The molecule has 0 bridgehead atoms. The van der Waals surface area contributed by atoms with Crippen LogP contribution in [0, 0.1) is 18.4 Å². The van der Waals surface area contributed by atoms with E-state index in [-0.39, 0.29) is 5.84 Å². The van der Waals surface area contributed by atoms with Crippen molar-refractivity contribution in [1.29, 1.82) is 5.41 Å². The topological polar surface area (TPSA) is 49.9 Å². The van der Waals surface area contributed by atoms with Crippen LogP contribution in [0.3, 0.4) is 0 Å². The van der Waals surface area contributed by atoms with Gasteiger partial charge in [-0.15, -0.1) is 0 Å². The normalized spacial score (nSPS) is 9.55. The highest BCUT2D eigenvalue weighted by molar-refractivity contribution is 5.79. The zero-order chi connectivity index (χ0) is 8.27. The largest absolute Gasteiger partial charge is 0.387 e. The number of amidine groups is 1. The van der Waals surface area contributed by atoms with Crippen molar-refractivity contribution in [2.24, 2.45) is 5.73 Å². The van der Waals surface area contributed by atoms with Crippen molar-refractivity contribution >= 4 is 5.84 Å². The Kier molecular flexibility index (Phi) is 2.26. The summed E-state index contributed by atoms with van der Waals surface area (Å²) in [6.45, 7) is 1.99. The maximum atomic E-state index is 7.10. The Hall–Kier alpha value is -1.31. The Morgan fingerprint density at radius 3 is 3.00 bits per heavy atom. The molecule has 0 aromatic heterocycles. The van der Waals surface area contributed by atoms with Gasteiger partial charge in [-0.1, -0.05) is 18.2 Å². The Morgan fingerprint density at radius 2 is 2.45 bits per heavy atom. The van der Waals surface area contributed by atoms with Gasteiger partial charge in [0.25, 0.3) is 0 Å². The fourth-order valence-electron chi connectivity index (χ4n) is 0.949. The third-order valence-electron chi connectivity index (χ3n) is 1.57. The van der Waals surface area contributed by atoms with Crippen LogP contribution in [0.5, 0.6) is 0 Å². The molecule has 1 rings (SSSR count). The number of hydrogen-bond acceptors (Lipinski definition) is 1. The Labute approximate surface area is 66.6 Å². The van der Waals surface area contributed by atoms with Gasteiger partial charge in [0.1, 0.15) is 0 Å². The van der Waals surface area contributed by atoms with E-state index in [0.717, 1.165) is 11.1 Å². The summed E-state index contributed by atoms with van der Waals surface area (Å²) in [6.07, 6.45) is 0.542. The molecular weight excluding hydrogens is 136 g/mol. The molecule has 0 heterocycles. The number of nitrogens with one attached hydrogen (secondary N) is 1. The summed E-state index contributed by atoms with van der Waals surface area (Å²) < 4.78 is 0. The highest BCUT2D eigenvalue weighted by atomic mass is 14.7. The van der Waals surface area contributed by atoms with E-state index in [1.807, 2.05) is 25.1 Å². The molecule has 57 valence electrons. The zero-order valence-electron chi connectivity index (χ0n) is 6.52. The van der Waals surface area contributed by atoms with Gasteiger partial charge in [0, 0.05) is 6.42 Å². The van der Waals surface area contributed by atoms with Crippen LogP contribution in [0.1, 0.15) is 11.1 Å². The average molecular weight is 147 g/mol. The van der Waals surface area contributed by atoms with Crippen molar-refractivity contribution in [3.05, 3.63) is 35.4 Å². The maximum absolute atomic E-state index is 7.10. The molecule has 0 amide bonds. The molecule has 0 spiro atoms. The summed E-state index contributed by atoms with van der Waals surface area (Å²) in [5.41, 5.74) is 7.52. The summed E-state index contributed by atoms with van der Waals surface area (Å²) in [4.78, 5) is 0. The van der Waals surface area contributed by atoms with E-state index in [4.69, 9.17) is 11.1 Å². The quantitative estimate of drug-likeness (QED) is 0.480. The van der Waals surface area contributed by atoms with Gasteiger partial charge in [0.15, 0.2) is 0 Å². The minimum absolute atomic E-state index is 0.208. The van der Waals surface area contributed by atoms with E-state index in [2.05, 4.69) is 6.07 Å². The van der Waals surface area contributed by atoms with Crippen LogP contribution in [0.4, 0.5) is 0 Å². The highest BCUT2D eigenvalue weighted by Crippen LogP contribution is 2.06. The summed E-state index contributed by atoms with van der Waals surface area (Å²) in [5, 5.41) is 7.10. The van der Waals surface area contributed by atoms with Crippen molar-refractivity contribution in [3.63, 3.8) is 0 Å². The molecule has 2 nitrogen and oxygen atoms in total. The lowest BCUT2D eigenvalue weighted by Gasteiger charge is -2.01. The molecule has 0 aliphatic rings. The van der Waals surface area contributed by atoms with Crippen LogP contribution in [0.2, 0.25) is 0 Å². The third kappa shape index (κ3) is 2.08. The Balaban J connectivity index is 2.86. The van der Waals surface area contributed by atoms with Crippen molar-refractivity contribution in [2.75, 3.05) is 0 Å². The molecule has 1 radical (unpaired) electrons. The third-order valence-corrected chi connectivity index (χ3v) is 1.57. The van der Waals surface area contributed by atoms with Gasteiger partial charge in [0.2, 0.25) is 0 Å². The highest BCUT2D eigenvalue weighted by Gasteiger charge is 1.97. The number of nitrogens with two attached hydrogens (primary N) is 1. The molecule has 0 saturated carbocycles. The van der Waals surface area contributed by atoms with Gasteiger partial charge < -0.3 is 5.73 Å². The van der Waals surface area contributed by atoms with Crippen LogP contribution in [-0.4, -0.2) is 5.84 Å². The summed E-state index contributed by atoms with van der Waals surface area (Å²) in [7, 11) is 0. The summed E-state index contributed by atoms with van der Waals surface area (Å²) in [5.74, 6) is 0.208. The standard InChI is InChI=1S/C9H11N2/c1-7-4-2-3-5-8(7)6-9(10)11/h3-5H,6H2,1H3,(H3,10,11). The van der Waals surface area contributed by atoms with Gasteiger partial charge in [-0.3, -0.25) is 5.41 Å². The van der Waals surface area contributed by atoms with Crippen LogP contribution >= 0.6 is 0 Å². The van der Waals surface area contributed by atoms with Crippen molar-refractivity contribution < 1.29 is 0 Å². The molecule has 0 atom stereocenters.